The highest BCUT2D eigenvalue weighted by molar-refractivity contribution is 5.71. The van der Waals surface area contributed by atoms with E-state index in [4.69, 9.17) is 5.11 Å². The molecular weight excluding hydrogens is 227 g/mol. The summed E-state index contributed by atoms with van der Waals surface area (Å²) in [5, 5.41) is 27.8. The second kappa shape index (κ2) is 3.61. The SMILES string of the molecule is Cc1cc(C2(CC(=O)O)CC2)c(O)c(F)c1O. The molecule has 0 bridgehead atoms. The number of carboxylic acids is 1. The lowest BCUT2D eigenvalue weighted by atomic mass is 9.90. The summed E-state index contributed by atoms with van der Waals surface area (Å²) in [5.74, 6) is -3.27. The van der Waals surface area contributed by atoms with Crippen LogP contribution in [0.2, 0.25) is 0 Å². The maximum absolute atomic E-state index is 13.5. The molecule has 17 heavy (non-hydrogen) atoms. The van der Waals surface area contributed by atoms with Gasteiger partial charge in [0.2, 0.25) is 5.82 Å². The normalized spacial score (nSPS) is 16.8. The van der Waals surface area contributed by atoms with Crippen LogP contribution in [0.3, 0.4) is 0 Å². The third-order valence-electron chi connectivity index (χ3n) is 3.32. The van der Waals surface area contributed by atoms with E-state index in [0.717, 1.165) is 0 Å². The van der Waals surface area contributed by atoms with Gasteiger partial charge in [-0.3, -0.25) is 4.79 Å². The third kappa shape index (κ3) is 1.81. The minimum Gasteiger partial charge on any atom is -0.505 e. The zero-order valence-corrected chi connectivity index (χ0v) is 9.33. The fourth-order valence-electron chi connectivity index (χ4n) is 2.14. The second-order valence-corrected chi connectivity index (χ2v) is 4.60. The number of halogens is 1. The quantitative estimate of drug-likeness (QED) is 0.755. The number of aryl methyl sites for hydroxylation is 1. The standard InChI is InChI=1S/C12H13FO4/c1-6-4-7(11(17)9(13)10(6)16)12(2-3-12)5-8(14)15/h4,16-17H,2-3,5H2,1H3,(H,14,15). The fraction of sp³-hybridized carbons (Fsp3) is 0.417. The predicted molar refractivity (Wildman–Crippen MR) is 57.6 cm³/mol. The minimum absolute atomic E-state index is 0.135. The van der Waals surface area contributed by atoms with Crippen LogP contribution < -0.4 is 0 Å². The van der Waals surface area contributed by atoms with E-state index in [1.54, 1.807) is 0 Å². The van der Waals surface area contributed by atoms with E-state index in [1.807, 2.05) is 0 Å². The summed E-state index contributed by atoms with van der Waals surface area (Å²) in [7, 11) is 0. The van der Waals surface area contributed by atoms with Crippen LogP contribution in [0.25, 0.3) is 0 Å². The van der Waals surface area contributed by atoms with Crippen molar-refractivity contribution in [3.63, 3.8) is 0 Å². The van der Waals surface area contributed by atoms with Crippen molar-refractivity contribution >= 4 is 5.97 Å². The molecule has 3 N–H and O–H groups in total. The van der Waals surface area contributed by atoms with E-state index >= 15 is 0 Å². The highest BCUT2D eigenvalue weighted by Crippen LogP contribution is 2.55. The Hall–Kier alpha value is -1.78. The average Bonchev–Trinajstić information content (AvgIpc) is 3.00. The van der Waals surface area contributed by atoms with E-state index in [2.05, 4.69) is 0 Å². The Morgan fingerprint density at radius 3 is 2.47 bits per heavy atom. The minimum atomic E-state index is -1.07. The molecule has 0 spiro atoms. The van der Waals surface area contributed by atoms with Gasteiger partial charge in [-0.25, -0.2) is 0 Å². The molecule has 4 nitrogen and oxygen atoms in total. The highest BCUT2D eigenvalue weighted by atomic mass is 19.1. The predicted octanol–water partition coefficient (Wildman–Crippen LogP) is 2.05. The van der Waals surface area contributed by atoms with E-state index < -0.39 is 28.7 Å². The Morgan fingerprint density at radius 1 is 1.41 bits per heavy atom. The lowest BCUT2D eigenvalue weighted by Crippen LogP contribution is -2.14. The van der Waals surface area contributed by atoms with Crippen molar-refractivity contribution in [1.29, 1.82) is 0 Å². The number of phenolic OH excluding ortho intramolecular Hbond substituents is 2. The summed E-state index contributed by atoms with van der Waals surface area (Å²) in [5.41, 5.74) is -0.0884. The second-order valence-electron chi connectivity index (χ2n) is 4.60. The topological polar surface area (TPSA) is 77.8 Å². The van der Waals surface area contributed by atoms with Gasteiger partial charge in [-0.1, -0.05) is 0 Å². The Labute approximate surface area is 97.3 Å². The smallest absolute Gasteiger partial charge is 0.304 e. The molecule has 92 valence electrons. The number of aliphatic carboxylic acids is 1. The van der Waals surface area contributed by atoms with Crippen LogP contribution in [0.15, 0.2) is 6.07 Å². The largest absolute Gasteiger partial charge is 0.505 e. The van der Waals surface area contributed by atoms with Crippen molar-refractivity contribution in [3.8, 4) is 11.5 Å². The lowest BCUT2D eigenvalue weighted by molar-refractivity contribution is -0.137. The molecule has 5 heteroatoms. The van der Waals surface area contributed by atoms with Gasteiger partial charge in [0.1, 0.15) is 0 Å². The zero-order chi connectivity index (χ0) is 12.8. The van der Waals surface area contributed by atoms with Crippen LogP contribution in [0, 0.1) is 12.7 Å². The van der Waals surface area contributed by atoms with Gasteiger partial charge >= 0.3 is 5.97 Å². The molecule has 1 fully saturated rings. The number of carbonyl (C=O) groups is 1. The molecular formula is C12H13FO4. The number of aromatic hydroxyl groups is 2. The molecule has 0 heterocycles. The number of hydrogen-bond acceptors (Lipinski definition) is 3. The number of hydrogen-bond donors (Lipinski definition) is 3. The summed E-state index contributed by atoms with van der Waals surface area (Å²) in [6.45, 7) is 1.51. The van der Waals surface area contributed by atoms with Gasteiger partial charge in [-0.15, -0.1) is 0 Å². The Balaban J connectivity index is 2.50. The Kier molecular flexibility index (Phi) is 2.49. The summed E-state index contributed by atoms with van der Waals surface area (Å²) in [4.78, 5) is 10.8. The summed E-state index contributed by atoms with van der Waals surface area (Å²) in [6.07, 6.45) is 1.08. The van der Waals surface area contributed by atoms with E-state index in [-0.39, 0.29) is 12.0 Å². The molecule has 1 saturated carbocycles. The maximum Gasteiger partial charge on any atom is 0.304 e. The van der Waals surface area contributed by atoms with Crippen LogP contribution in [-0.2, 0) is 10.2 Å². The van der Waals surface area contributed by atoms with E-state index in [1.165, 1.54) is 13.0 Å². The van der Waals surface area contributed by atoms with Crippen molar-refractivity contribution in [2.75, 3.05) is 0 Å². The van der Waals surface area contributed by atoms with Crippen LogP contribution in [-0.4, -0.2) is 21.3 Å². The van der Waals surface area contributed by atoms with Crippen LogP contribution >= 0.6 is 0 Å². The Bertz CT molecular complexity index is 492. The summed E-state index contributed by atoms with van der Waals surface area (Å²) in [6, 6.07) is 1.46. The first-order chi connectivity index (χ1) is 7.87. The number of rotatable bonds is 3. The van der Waals surface area contributed by atoms with E-state index in [0.29, 0.717) is 18.4 Å². The van der Waals surface area contributed by atoms with Crippen molar-refractivity contribution < 1.29 is 24.5 Å². The number of phenols is 2. The van der Waals surface area contributed by atoms with Crippen LogP contribution in [0.1, 0.15) is 30.4 Å². The van der Waals surface area contributed by atoms with Gasteiger partial charge in [0.25, 0.3) is 0 Å². The number of carboxylic acid groups (broad SMARTS) is 1. The summed E-state index contributed by atoms with van der Waals surface area (Å²) >= 11 is 0. The number of benzene rings is 1. The molecule has 0 saturated heterocycles. The molecule has 0 aliphatic heterocycles. The van der Waals surface area contributed by atoms with Crippen molar-refractivity contribution in [2.45, 2.75) is 31.6 Å². The zero-order valence-electron chi connectivity index (χ0n) is 9.33. The highest BCUT2D eigenvalue weighted by Gasteiger charge is 2.48. The van der Waals surface area contributed by atoms with Crippen molar-refractivity contribution in [1.82, 2.24) is 0 Å². The Morgan fingerprint density at radius 2 is 2.00 bits per heavy atom. The summed E-state index contributed by atoms with van der Waals surface area (Å²) < 4.78 is 13.5. The van der Waals surface area contributed by atoms with Gasteiger partial charge in [-0.05, 0) is 31.4 Å². The lowest BCUT2D eigenvalue weighted by Gasteiger charge is -2.17. The molecule has 0 aromatic heterocycles. The van der Waals surface area contributed by atoms with Crippen LogP contribution in [0.5, 0.6) is 11.5 Å². The molecule has 1 aromatic carbocycles. The first-order valence-corrected chi connectivity index (χ1v) is 5.31. The van der Waals surface area contributed by atoms with Gasteiger partial charge in [0, 0.05) is 11.0 Å². The maximum atomic E-state index is 13.5. The first-order valence-electron chi connectivity index (χ1n) is 5.31. The first kappa shape index (κ1) is 11.7. The average molecular weight is 240 g/mol. The van der Waals surface area contributed by atoms with Crippen molar-refractivity contribution in [2.24, 2.45) is 0 Å². The molecule has 0 amide bonds. The third-order valence-corrected chi connectivity index (χ3v) is 3.32. The fourth-order valence-corrected chi connectivity index (χ4v) is 2.14. The van der Waals surface area contributed by atoms with Gasteiger partial charge in [0.15, 0.2) is 11.5 Å². The molecule has 0 atom stereocenters. The monoisotopic (exact) mass is 240 g/mol. The van der Waals surface area contributed by atoms with Gasteiger partial charge in [-0.2, -0.15) is 4.39 Å². The van der Waals surface area contributed by atoms with Crippen LogP contribution in [0.4, 0.5) is 4.39 Å². The molecule has 0 unspecified atom stereocenters. The van der Waals surface area contributed by atoms with E-state index in [9.17, 15) is 19.4 Å². The molecule has 1 aliphatic carbocycles. The molecule has 0 radical (unpaired) electrons. The molecule has 1 aromatic rings. The van der Waals surface area contributed by atoms with Crippen molar-refractivity contribution in [3.05, 3.63) is 23.0 Å². The molecule has 1 aliphatic rings. The van der Waals surface area contributed by atoms with Gasteiger partial charge < -0.3 is 15.3 Å². The van der Waals surface area contributed by atoms with Gasteiger partial charge in [0.05, 0.1) is 6.42 Å². The molecule has 2 rings (SSSR count).